The van der Waals surface area contributed by atoms with E-state index < -0.39 is 0 Å². The predicted octanol–water partition coefficient (Wildman–Crippen LogP) is 2.46. The summed E-state index contributed by atoms with van der Waals surface area (Å²) in [4.78, 5) is 21.8. The number of hydrogen-bond donors (Lipinski definition) is 1. The number of carbonyl (C=O) groups excluding carboxylic acids is 1. The van der Waals surface area contributed by atoms with Crippen LogP contribution in [0.1, 0.15) is 11.5 Å². The fraction of sp³-hybridized carbons (Fsp3) is 0.176. The van der Waals surface area contributed by atoms with E-state index in [0.29, 0.717) is 11.7 Å². The van der Waals surface area contributed by atoms with Crippen molar-refractivity contribution in [3.05, 3.63) is 60.2 Å². The third-order valence-corrected chi connectivity index (χ3v) is 5.08. The molecule has 24 heavy (non-hydrogen) atoms. The van der Waals surface area contributed by atoms with Crippen LogP contribution in [0.3, 0.4) is 0 Å². The molecule has 0 aliphatic carbocycles. The minimum absolute atomic E-state index is 0.0140. The number of amides is 1. The molecule has 120 valence electrons. The first-order chi connectivity index (χ1) is 11.8. The van der Waals surface area contributed by atoms with Gasteiger partial charge in [-0.15, -0.1) is 11.8 Å². The van der Waals surface area contributed by atoms with Crippen LogP contribution in [-0.2, 0) is 17.8 Å². The number of aromatic nitrogens is 3. The summed E-state index contributed by atoms with van der Waals surface area (Å²) in [5.41, 5.74) is 2.05. The van der Waals surface area contributed by atoms with E-state index in [2.05, 4.69) is 26.5 Å². The van der Waals surface area contributed by atoms with E-state index in [1.165, 1.54) is 10.5 Å². The molecule has 1 aliphatic heterocycles. The Kier molecular flexibility index (Phi) is 4.00. The third-order valence-electron chi connectivity index (χ3n) is 3.76. The van der Waals surface area contributed by atoms with E-state index in [-0.39, 0.29) is 17.7 Å². The Labute approximate surface area is 142 Å². The van der Waals surface area contributed by atoms with E-state index >= 15 is 0 Å². The first-order valence-electron chi connectivity index (χ1n) is 7.55. The fourth-order valence-corrected chi connectivity index (χ4v) is 3.77. The average molecular weight is 338 g/mol. The number of thioether (sulfide) groups is 1. The minimum Gasteiger partial charge on any atom is -0.346 e. The van der Waals surface area contributed by atoms with Gasteiger partial charge in [-0.05, 0) is 30.2 Å². The maximum atomic E-state index is 12.3. The van der Waals surface area contributed by atoms with Crippen LogP contribution >= 0.6 is 11.8 Å². The van der Waals surface area contributed by atoms with Gasteiger partial charge < -0.3 is 9.84 Å². The lowest BCUT2D eigenvalue weighted by Gasteiger charge is -2.07. The van der Waals surface area contributed by atoms with Gasteiger partial charge in [0.15, 0.2) is 0 Å². The van der Waals surface area contributed by atoms with Crippen LogP contribution in [0.15, 0.2) is 58.2 Å². The van der Waals surface area contributed by atoms with Gasteiger partial charge in [0.1, 0.15) is 0 Å². The minimum atomic E-state index is -0.106. The Balaban J connectivity index is 1.36. The molecule has 0 spiro atoms. The molecular formula is C17H14N4O2S. The van der Waals surface area contributed by atoms with Gasteiger partial charge in [-0.3, -0.25) is 9.78 Å². The van der Waals surface area contributed by atoms with Gasteiger partial charge in [-0.25, -0.2) is 0 Å². The Morgan fingerprint density at radius 3 is 2.92 bits per heavy atom. The number of carbonyl (C=O) groups is 1. The summed E-state index contributed by atoms with van der Waals surface area (Å²) < 4.78 is 5.19. The van der Waals surface area contributed by atoms with E-state index in [1.807, 2.05) is 18.2 Å². The van der Waals surface area contributed by atoms with Crippen molar-refractivity contribution >= 4 is 17.7 Å². The Bertz CT molecular complexity index is 841. The maximum absolute atomic E-state index is 12.3. The molecule has 1 aliphatic rings. The average Bonchev–Trinajstić information content (AvgIpc) is 3.27. The highest BCUT2D eigenvalue weighted by atomic mass is 32.2. The molecule has 0 fully saturated rings. The van der Waals surface area contributed by atoms with Crippen LogP contribution in [0.5, 0.6) is 0 Å². The molecule has 1 amide bonds. The van der Waals surface area contributed by atoms with Crippen molar-refractivity contribution in [2.45, 2.75) is 23.1 Å². The molecule has 0 radical (unpaired) electrons. The predicted molar refractivity (Wildman–Crippen MR) is 89.2 cm³/mol. The summed E-state index contributed by atoms with van der Waals surface area (Å²) in [7, 11) is 0. The molecule has 6 nitrogen and oxygen atoms in total. The maximum Gasteiger partial charge on any atom is 0.246 e. The van der Waals surface area contributed by atoms with E-state index in [1.54, 1.807) is 36.3 Å². The number of nitrogens with one attached hydrogen (secondary N) is 1. The van der Waals surface area contributed by atoms with E-state index in [4.69, 9.17) is 4.52 Å². The van der Waals surface area contributed by atoms with Gasteiger partial charge in [0.05, 0.1) is 11.8 Å². The molecule has 2 aromatic heterocycles. The number of nitrogens with zero attached hydrogens (tertiary/aromatic N) is 3. The second-order valence-corrected chi connectivity index (χ2v) is 6.63. The van der Waals surface area contributed by atoms with Crippen LogP contribution in [0, 0.1) is 0 Å². The van der Waals surface area contributed by atoms with Crippen LogP contribution < -0.4 is 5.32 Å². The summed E-state index contributed by atoms with van der Waals surface area (Å²) in [5.74, 6) is 0.861. The van der Waals surface area contributed by atoms with Gasteiger partial charge in [0.2, 0.25) is 17.6 Å². The molecule has 4 rings (SSSR count). The molecule has 0 saturated heterocycles. The number of rotatable bonds is 4. The molecular weight excluding hydrogens is 324 g/mol. The lowest BCUT2D eigenvalue weighted by molar-refractivity contribution is -0.120. The van der Waals surface area contributed by atoms with E-state index in [0.717, 1.165) is 12.0 Å². The first-order valence-corrected chi connectivity index (χ1v) is 8.43. The standard InChI is InChI=1S/C17H14N4O2S/c22-17(14-9-12-3-1-2-4-13(12)24-14)19-10-15-20-16(21-23-15)11-5-7-18-8-6-11/h1-8,14H,9-10H2,(H,19,22). The topological polar surface area (TPSA) is 80.9 Å². The molecule has 0 bridgehead atoms. The Morgan fingerprint density at radius 1 is 1.25 bits per heavy atom. The summed E-state index contributed by atoms with van der Waals surface area (Å²) in [5, 5.41) is 6.69. The number of benzene rings is 1. The smallest absolute Gasteiger partial charge is 0.246 e. The zero-order chi connectivity index (χ0) is 16.4. The highest BCUT2D eigenvalue weighted by Crippen LogP contribution is 2.36. The number of hydrogen-bond acceptors (Lipinski definition) is 6. The molecule has 1 N–H and O–H groups in total. The zero-order valence-corrected chi connectivity index (χ0v) is 13.5. The molecule has 1 atom stereocenters. The highest BCUT2D eigenvalue weighted by Gasteiger charge is 2.28. The van der Waals surface area contributed by atoms with Crippen molar-refractivity contribution in [2.24, 2.45) is 0 Å². The van der Waals surface area contributed by atoms with Crippen LogP contribution in [0.25, 0.3) is 11.4 Å². The molecule has 7 heteroatoms. The van der Waals surface area contributed by atoms with Crippen molar-refractivity contribution in [3.8, 4) is 11.4 Å². The highest BCUT2D eigenvalue weighted by molar-refractivity contribution is 8.01. The van der Waals surface area contributed by atoms with Crippen LogP contribution in [0.4, 0.5) is 0 Å². The summed E-state index contributed by atoms with van der Waals surface area (Å²) in [6.07, 6.45) is 4.09. The molecule has 3 heterocycles. The van der Waals surface area contributed by atoms with Gasteiger partial charge in [0.25, 0.3) is 0 Å². The zero-order valence-electron chi connectivity index (χ0n) is 12.7. The SMILES string of the molecule is O=C(NCc1nc(-c2ccncc2)no1)C1Cc2ccccc2S1. The lowest BCUT2D eigenvalue weighted by atomic mass is 10.1. The van der Waals surface area contributed by atoms with Crippen LogP contribution in [0.2, 0.25) is 0 Å². The number of pyridine rings is 1. The summed E-state index contributed by atoms with van der Waals surface area (Å²) >= 11 is 1.60. The lowest BCUT2D eigenvalue weighted by Crippen LogP contribution is -2.32. The molecule has 1 aromatic carbocycles. The van der Waals surface area contributed by atoms with Gasteiger partial charge >= 0.3 is 0 Å². The molecule has 0 saturated carbocycles. The van der Waals surface area contributed by atoms with Crippen LogP contribution in [-0.4, -0.2) is 26.3 Å². The third kappa shape index (κ3) is 3.03. The second kappa shape index (κ2) is 6.45. The fourth-order valence-electron chi connectivity index (χ4n) is 2.55. The van der Waals surface area contributed by atoms with Crippen molar-refractivity contribution in [1.29, 1.82) is 0 Å². The van der Waals surface area contributed by atoms with Crippen molar-refractivity contribution in [2.75, 3.05) is 0 Å². The normalized spacial score (nSPS) is 15.9. The van der Waals surface area contributed by atoms with Crippen molar-refractivity contribution in [1.82, 2.24) is 20.4 Å². The van der Waals surface area contributed by atoms with E-state index in [9.17, 15) is 4.79 Å². The number of fused-ring (bicyclic) bond motifs is 1. The Hall–Kier alpha value is -2.67. The first kappa shape index (κ1) is 14.9. The van der Waals surface area contributed by atoms with Gasteiger partial charge in [-0.2, -0.15) is 4.98 Å². The largest absolute Gasteiger partial charge is 0.346 e. The summed E-state index contributed by atoms with van der Waals surface area (Å²) in [6, 6.07) is 11.7. The molecule has 1 unspecified atom stereocenters. The Morgan fingerprint density at radius 2 is 2.08 bits per heavy atom. The van der Waals surface area contributed by atoms with Crippen molar-refractivity contribution in [3.63, 3.8) is 0 Å². The second-order valence-electron chi connectivity index (χ2n) is 5.38. The van der Waals surface area contributed by atoms with Gasteiger partial charge in [-0.1, -0.05) is 23.4 Å². The quantitative estimate of drug-likeness (QED) is 0.787. The van der Waals surface area contributed by atoms with Crippen molar-refractivity contribution < 1.29 is 9.32 Å². The monoisotopic (exact) mass is 338 g/mol. The molecule has 3 aromatic rings. The van der Waals surface area contributed by atoms with Gasteiger partial charge in [0, 0.05) is 22.9 Å². The summed E-state index contributed by atoms with van der Waals surface area (Å²) in [6.45, 7) is 0.227.